The van der Waals surface area contributed by atoms with Gasteiger partial charge in [0.2, 0.25) is 0 Å². The number of nitrogens with zero attached hydrogens (tertiary/aromatic N) is 1. The highest BCUT2D eigenvalue weighted by atomic mass is 32.1. The van der Waals surface area contributed by atoms with Crippen molar-refractivity contribution in [3.8, 4) is 5.75 Å². The Kier molecular flexibility index (Phi) is 7.69. The van der Waals surface area contributed by atoms with Crippen LogP contribution in [0.25, 0.3) is 0 Å². The van der Waals surface area contributed by atoms with Crippen LogP contribution in [0.2, 0.25) is 0 Å². The summed E-state index contributed by atoms with van der Waals surface area (Å²) in [7, 11) is 4.12. The molecule has 0 unspecified atom stereocenters. The molecule has 1 aromatic carbocycles. The van der Waals surface area contributed by atoms with E-state index in [1.807, 2.05) is 24.3 Å². The smallest absolute Gasteiger partial charge is 0.170 e. The van der Waals surface area contributed by atoms with Crippen LogP contribution in [0.5, 0.6) is 5.75 Å². The second kappa shape index (κ2) is 9.34. The lowest BCUT2D eigenvalue weighted by Gasteiger charge is -2.13. The van der Waals surface area contributed by atoms with E-state index in [2.05, 4.69) is 36.2 Å². The van der Waals surface area contributed by atoms with Gasteiger partial charge in [-0.15, -0.1) is 0 Å². The van der Waals surface area contributed by atoms with Crippen molar-refractivity contribution in [2.45, 2.75) is 6.42 Å². The van der Waals surface area contributed by atoms with E-state index in [1.54, 1.807) is 6.08 Å². The Bertz CT molecular complexity index is 418. The molecule has 0 aliphatic heterocycles. The predicted octanol–water partition coefficient (Wildman–Crippen LogP) is 2.49. The Labute approximate surface area is 126 Å². The predicted molar refractivity (Wildman–Crippen MR) is 89.5 cm³/mol. The number of benzene rings is 1. The Morgan fingerprint density at radius 2 is 2.05 bits per heavy atom. The van der Waals surface area contributed by atoms with Gasteiger partial charge in [0.1, 0.15) is 12.4 Å². The first kappa shape index (κ1) is 16.5. The van der Waals surface area contributed by atoms with Gasteiger partial charge in [-0.25, -0.2) is 0 Å². The number of thiocarbonyl (C=S) groups is 1. The van der Waals surface area contributed by atoms with Crippen LogP contribution in [0, 0.1) is 0 Å². The van der Waals surface area contributed by atoms with Crippen molar-refractivity contribution >= 4 is 23.0 Å². The number of rotatable bonds is 8. The molecular formula is C15H23N3OS. The molecule has 0 radical (unpaired) electrons. The SMILES string of the molecule is C=CCOc1ccc(NC(=S)NCCCN(C)C)cc1. The first-order valence-corrected chi connectivity index (χ1v) is 7.06. The molecule has 0 aliphatic carbocycles. The molecule has 1 rings (SSSR count). The van der Waals surface area contributed by atoms with Crippen LogP contribution >= 0.6 is 12.2 Å². The third-order valence-corrected chi connectivity index (χ3v) is 2.79. The number of hydrogen-bond acceptors (Lipinski definition) is 3. The molecule has 0 spiro atoms. The van der Waals surface area contributed by atoms with Gasteiger partial charge in [-0.3, -0.25) is 0 Å². The van der Waals surface area contributed by atoms with Gasteiger partial charge in [-0.1, -0.05) is 12.7 Å². The van der Waals surface area contributed by atoms with Crippen LogP contribution in [0.4, 0.5) is 5.69 Å². The summed E-state index contributed by atoms with van der Waals surface area (Å²) >= 11 is 5.24. The Morgan fingerprint density at radius 1 is 1.35 bits per heavy atom. The lowest BCUT2D eigenvalue weighted by molar-refractivity contribution is 0.363. The number of hydrogen-bond donors (Lipinski definition) is 2. The standard InChI is InChI=1S/C15H23N3OS/c1-4-12-19-14-8-6-13(7-9-14)17-15(20)16-10-5-11-18(2)3/h4,6-9H,1,5,10-12H2,2-3H3,(H2,16,17,20). The molecule has 0 saturated carbocycles. The molecule has 2 N–H and O–H groups in total. The highest BCUT2D eigenvalue weighted by Gasteiger charge is 1.98. The second-order valence-electron chi connectivity index (χ2n) is 4.66. The van der Waals surface area contributed by atoms with E-state index in [1.165, 1.54) is 0 Å². The highest BCUT2D eigenvalue weighted by molar-refractivity contribution is 7.80. The molecule has 20 heavy (non-hydrogen) atoms. The molecule has 0 saturated heterocycles. The van der Waals surface area contributed by atoms with Gasteiger partial charge in [0, 0.05) is 12.2 Å². The van der Waals surface area contributed by atoms with Crippen LogP contribution in [0.3, 0.4) is 0 Å². The van der Waals surface area contributed by atoms with Gasteiger partial charge in [0.15, 0.2) is 5.11 Å². The topological polar surface area (TPSA) is 36.5 Å². The molecule has 0 aromatic heterocycles. The summed E-state index contributed by atoms with van der Waals surface area (Å²) in [6, 6.07) is 7.68. The van der Waals surface area contributed by atoms with Crippen molar-refractivity contribution in [3.05, 3.63) is 36.9 Å². The van der Waals surface area contributed by atoms with Crippen LogP contribution in [0.15, 0.2) is 36.9 Å². The number of ether oxygens (including phenoxy) is 1. The minimum atomic E-state index is 0.513. The van der Waals surface area contributed by atoms with Gasteiger partial charge in [0.05, 0.1) is 0 Å². The van der Waals surface area contributed by atoms with Gasteiger partial charge in [0.25, 0.3) is 0 Å². The number of nitrogens with one attached hydrogen (secondary N) is 2. The van der Waals surface area contributed by atoms with Crippen LogP contribution in [-0.2, 0) is 0 Å². The van der Waals surface area contributed by atoms with Crippen LogP contribution < -0.4 is 15.4 Å². The molecule has 4 nitrogen and oxygen atoms in total. The average Bonchev–Trinajstić information content (AvgIpc) is 2.43. The fourth-order valence-corrected chi connectivity index (χ4v) is 1.78. The zero-order chi connectivity index (χ0) is 14.8. The fraction of sp³-hybridized carbons (Fsp3) is 0.400. The summed E-state index contributed by atoms with van der Waals surface area (Å²) in [6.07, 6.45) is 2.78. The molecule has 5 heteroatoms. The van der Waals surface area contributed by atoms with E-state index in [4.69, 9.17) is 17.0 Å². The molecule has 110 valence electrons. The van der Waals surface area contributed by atoms with E-state index in [-0.39, 0.29) is 0 Å². The maximum atomic E-state index is 5.42. The fourth-order valence-electron chi connectivity index (χ4n) is 1.56. The molecule has 0 aliphatic rings. The third kappa shape index (κ3) is 7.11. The monoisotopic (exact) mass is 293 g/mol. The molecule has 0 fully saturated rings. The first-order valence-electron chi connectivity index (χ1n) is 6.65. The first-order chi connectivity index (χ1) is 9.61. The summed E-state index contributed by atoms with van der Waals surface area (Å²) in [5.74, 6) is 0.820. The van der Waals surface area contributed by atoms with Gasteiger partial charge in [-0.2, -0.15) is 0 Å². The van der Waals surface area contributed by atoms with Crippen molar-refractivity contribution in [1.29, 1.82) is 0 Å². The van der Waals surface area contributed by atoms with Crippen molar-refractivity contribution in [1.82, 2.24) is 10.2 Å². The van der Waals surface area contributed by atoms with Gasteiger partial charge >= 0.3 is 0 Å². The van der Waals surface area contributed by atoms with Crippen LogP contribution in [-0.4, -0.2) is 43.8 Å². The Hall–Kier alpha value is -1.59. The van der Waals surface area contributed by atoms with Crippen molar-refractivity contribution in [2.24, 2.45) is 0 Å². The van der Waals surface area contributed by atoms with E-state index in [0.717, 1.165) is 30.9 Å². The summed E-state index contributed by atoms with van der Waals surface area (Å²) in [4.78, 5) is 2.15. The van der Waals surface area contributed by atoms with Crippen molar-refractivity contribution in [2.75, 3.05) is 39.1 Å². The van der Waals surface area contributed by atoms with E-state index in [9.17, 15) is 0 Å². The lowest BCUT2D eigenvalue weighted by Crippen LogP contribution is -2.30. The quantitative estimate of drug-likeness (QED) is 0.437. The summed E-state index contributed by atoms with van der Waals surface area (Å²) in [5.41, 5.74) is 0.945. The van der Waals surface area contributed by atoms with E-state index >= 15 is 0 Å². The average molecular weight is 293 g/mol. The second-order valence-corrected chi connectivity index (χ2v) is 5.07. The minimum absolute atomic E-state index is 0.513. The minimum Gasteiger partial charge on any atom is -0.490 e. The van der Waals surface area contributed by atoms with E-state index in [0.29, 0.717) is 11.7 Å². The number of anilines is 1. The maximum absolute atomic E-state index is 5.42. The summed E-state index contributed by atoms with van der Waals surface area (Å²) in [5, 5.41) is 6.97. The van der Waals surface area contributed by atoms with Crippen LogP contribution in [0.1, 0.15) is 6.42 Å². The molecule has 0 heterocycles. The van der Waals surface area contributed by atoms with E-state index < -0.39 is 0 Å². The van der Waals surface area contributed by atoms with Crippen molar-refractivity contribution in [3.63, 3.8) is 0 Å². The van der Waals surface area contributed by atoms with Gasteiger partial charge in [-0.05, 0) is 63.5 Å². The zero-order valence-electron chi connectivity index (χ0n) is 12.2. The lowest BCUT2D eigenvalue weighted by atomic mass is 10.3. The molecule has 0 bridgehead atoms. The molecule has 1 aromatic rings. The molecule has 0 amide bonds. The maximum Gasteiger partial charge on any atom is 0.170 e. The highest BCUT2D eigenvalue weighted by Crippen LogP contribution is 2.15. The summed E-state index contributed by atoms with van der Waals surface area (Å²) < 4.78 is 5.42. The Balaban J connectivity index is 2.29. The normalized spacial score (nSPS) is 10.2. The van der Waals surface area contributed by atoms with Gasteiger partial charge < -0.3 is 20.3 Å². The molecular weight excluding hydrogens is 270 g/mol. The van der Waals surface area contributed by atoms with Crippen molar-refractivity contribution < 1.29 is 4.74 Å². The molecule has 0 atom stereocenters. The largest absolute Gasteiger partial charge is 0.490 e. The zero-order valence-corrected chi connectivity index (χ0v) is 13.0. The Morgan fingerprint density at radius 3 is 2.65 bits per heavy atom. The third-order valence-electron chi connectivity index (χ3n) is 2.55. The summed E-state index contributed by atoms with van der Waals surface area (Å²) in [6.45, 7) is 6.04.